The number of halogens is 1. The van der Waals surface area contributed by atoms with Crippen LogP contribution in [-0.4, -0.2) is 31.6 Å². The number of hydrogen-bond acceptors (Lipinski definition) is 2. The van der Waals surface area contributed by atoms with Crippen LogP contribution < -0.4 is 4.74 Å². The van der Waals surface area contributed by atoms with E-state index in [0.29, 0.717) is 6.61 Å². The lowest BCUT2D eigenvalue weighted by Gasteiger charge is -2.14. The van der Waals surface area contributed by atoms with Gasteiger partial charge in [-0.25, -0.2) is 0 Å². The first-order valence-electron chi connectivity index (χ1n) is 8.07. The highest BCUT2D eigenvalue weighted by molar-refractivity contribution is 6.31. The standard InChI is InChI=1S/C20H22ClNO/c1-22-13-11-17-18(12-14-22)20(10-9-19(17)21)23-15-5-8-16-6-3-2-4-7-16/h2-10H,11-15H2,1H3/b8-5+. The monoisotopic (exact) mass is 327 g/mol. The number of ether oxygens (including phenoxy) is 1. The van der Waals surface area contributed by atoms with Crippen LogP contribution in [0.25, 0.3) is 6.08 Å². The van der Waals surface area contributed by atoms with Crippen LogP contribution in [0.1, 0.15) is 16.7 Å². The predicted molar refractivity (Wildman–Crippen MR) is 97.3 cm³/mol. The number of likely N-dealkylation sites (N-methyl/N-ethyl adjacent to an activating group) is 1. The van der Waals surface area contributed by atoms with Gasteiger partial charge in [0.15, 0.2) is 0 Å². The normalized spacial score (nSPS) is 15.4. The Bertz CT molecular complexity index is 682. The molecule has 0 aromatic heterocycles. The molecule has 0 atom stereocenters. The van der Waals surface area contributed by atoms with Crippen LogP contribution in [0.5, 0.6) is 5.75 Å². The van der Waals surface area contributed by atoms with Gasteiger partial charge in [-0.1, -0.05) is 48.0 Å². The molecule has 2 aromatic rings. The maximum atomic E-state index is 6.39. The van der Waals surface area contributed by atoms with E-state index in [1.165, 1.54) is 16.7 Å². The Balaban J connectivity index is 1.70. The molecule has 0 spiro atoms. The van der Waals surface area contributed by atoms with Crippen LogP contribution in [0, 0.1) is 0 Å². The van der Waals surface area contributed by atoms with Gasteiger partial charge in [-0.3, -0.25) is 0 Å². The topological polar surface area (TPSA) is 12.5 Å². The van der Waals surface area contributed by atoms with Crippen LogP contribution >= 0.6 is 11.6 Å². The van der Waals surface area contributed by atoms with Crippen molar-refractivity contribution in [3.8, 4) is 5.75 Å². The molecular formula is C20H22ClNO. The first-order chi connectivity index (χ1) is 11.2. The average Bonchev–Trinajstić information content (AvgIpc) is 2.77. The molecule has 0 aliphatic carbocycles. The second-order valence-corrected chi connectivity index (χ2v) is 6.34. The molecule has 23 heavy (non-hydrogen) atoms. The summed E-state index contributed by atoms with van der Waals surface area (Å²) in [6.07, 6.45) is 6.12. The Morgan fingerprint density at radius 1 is 1.04 bits per heavy atom. The second kappa shape index (κ2) is 7.67. The van der Waals surface area contributed by atoms with Crippen LogP contribution in [0.4, 0.5) is 0 Å². The highest BCUT2D eigenvalue weighted by Gasteiger charge is 2.17. The fourth-order valence-electron chi connectivity index (χ4n) is 2.93. The fourth-order valence-corrected chi connectivity index (χ4v) is 3.20. The minimum atomic E-state index is 0.568. The quantitative estimate of drug-likeness (QED) is 0.822. The maximum Gasteiger partial charge on any atom is 0.123 e. The van der Waals surface area contributed by atoms with Gasteiger partial charge in [0.1, 0.15) is 12.4 Å². The molecule has 0 N–H and O–H groups in total. The van der Waals surface area contributed by atoms with Crippen LogP contribution in [-0.2, 0) is 12.8 Å². The summed E-state index contributed by atoms with van der Waals surface area (Å²) in [5.41, 5.74) is 3.71. The lowest BCUT2D eigenvalue weighted by Crippen LogP contribution is -2.20. The van der Waals surface area contributed by atoms with Crippen molar-refractivity contribution < 1.29 is 4.74 Å². The average molecular weight is 328 g/mol. The Kier molecular flexibility index (Phi) is 5.37. The Morgan fingerprint density at radius 3 is 2.57 bits per heavy atom. The fraction of sp³-hybridized carbons (Fsp3) is 0.300. The third kappa shape index (κ3) is 4.15. The lowest BCUT2D eigenvalue weighted by molar-refractivity contribution is 0.344. The van der Waals surface area contributed by atoms with Gasteiger partial charge in [0, 0.05) is 23.7 Å². The minimum Gasteiger partial charge on any atom is -0.489 e. The number of fused-ring (bicyclic) bond motifs is 1. The smallest absolute Gasteiger partial charge is 0.123 e. The van der Waals surface area contributed by atoms with E-state index >= 15 is 0 Å². The molecule has 0 bridgehead atoms. The molecule has 0 fully saturated rings. The third-order valence-electron chi connectivity index (χ3n) is 4.26. The first-order valence-corrected chi connectivity index (χ1v) is 8.45. The third-order valence-corrected chi connectivity index (χ3v) is 4.62. The number of rotatable bonds is 4. The zero-order chi connectivity index (χ0) is 16.1. The van der Waals surface area contributed by atoms with E-state index < -0.39 is 0 Å². The van der Waals surface area contributed by atoms with Crippen LogP contribution in [0.15, 0.2) is 48.5 Å². The van der Waals surface area contributed by atoms with Crippen molar-refractivity contribution in [2.75, 3.05) is 26.7 Å². The molecule has 1 aliphatic heterocycles. The second-order valence-electron chi connectivity index (χ2n) is 5.93. The molecule has 0 saturated heterocycles. The SMILES string of the molecule is CN1CCc2c(Cl)ccc(OC/C=C/c3ccccc3)c2CC1. The highest BCUT2D eigenvalue weighted by atomic mass is 35.5. The summed E-state index contributed by atoms with van der Waals surface area (Å²) >= 11 is 6.39. The molecule has 3 rings (SSSR count). The van der Waals surface area contributed by atoms with Gasteiger partial charge in [0.05, 0.1) is 0 Å². The van der Waals surface area contributed by atoms with E-state index in [1.807, 2.05) is 30.3 Å². The molecule has 1 aliphatic rings. The Hall–Kier alpha value is -1.77. The van der Waals surface area contributed by atoms with Gasteiger partial charge in [-0.2, -0.15) is 0 Å². The van der Waals surface area contributed by atoms with E-state index in [4.69, 9.17) is 16.3 Å². The van der Waals surface area contributed by atoms with E-state index in [-0.39, 0.29) is 0 Å². The predicted octanol–water partition coefficient (Wildman–Crippen LogP) is 4.46. The van der Waals surface area contributed by atoms with Gasteiger partial charge in [0.2, 0.25) is 0 Å². The maximum absolute atomic E-state index is 6.39. The first kappa shape index (κ1) is 16.1. The zero-order valence-electron chi connectivity index (χ0n) is 13.5. The molecule has 0 radical (unpaired) electrons. The molecule has 0 unspecified atom stereocenters. The highest BCUT2D eigenvalue weighted by Crippen LogP contribution is 2.31. The summed E-state index contributed by atoms with van der Waals surface area (Å²) in [7, 11) is 2.16. The summed E-state index contributed by atoms with van der Waals surface area (Å²) in [5, 5.41) is 0.863. The number of nitrogens with zero attached hydrogens (tertiary/aromatic N) is 1. The molecule has 1 heterocycles. The number of benzene rings is 2. The number of hydrogen-bond donors (Lipinski definition) is 0. The minimum absolute atomic E-state index is 0.568. The van der Waals surface area contributed by atoms with Crippen molar-refractivity contribution in [2.24, 2.45) is 0 Å². The summed E-state index contributed by atoms with van der Waals surface area (Å²) in [6, 6.07) is 14.2. The van der Waals surface area contributed by atoms with E-state index in [9.17, 15) is 0 Å². The Labute approximate surface area is 143 Å². The van der Waals surface area contributed by atoms with E-state index in [2.05, 4.69) is 36.2 Å². The Morgan fingerprint density at radius 2 is 1.78 bits per heavy atom. The van der Waals surface area contributed by atoms with E-state index in [0.717, 1.165) is 36.7 Å². The summed E-state index contributed by atoms with van der Waals surface area (Å²) in [5.74, 6) is 0.970. The molecule has 2 aromatic carbocycles. The van der Waals surface area contributed by atoms with Gasteiger partial charge in [0.25, 0.3) is 0 Å². The molecular weight excluding hydrogens is 306 g/mol. The summed E-state index contributed by atoms with van der Waals surface area (Å²) in [4.78, 5) is 2.34. The van der Waals surface area contributed by atoms with Crippen LogP contribution in [0.3, 0.4) is 0 Å². The van der Waals surface area contributed by atoms with Crippen molar-refractivity contribution in [1.29, 1.82) is 0 Å². The van der Waals surface area contributed by atoms with Crippen molar-refractivity contribution in [3.63, 3.8) is 0 Å². The molecule has 2 nitrogen and oxygen atoms in total. The van der Waals surface area contributed by atoms with Gasteiger partial charge < -0.3 is 9.64 Å². The van der Waals surface area contributed by atoms with Gasteiger partial charge in [-0.15, -0.1) is 0 Å². The van der Waals surface area contributed by atoms with Crippen molar-refractivity contribution in [2.45, 2.75) is 12.8 Å². The molecule has 120 valence electrons. The van der Waals surface area contributed by atoms with E-state index in [1.54, 1.807) is 0 Å². The van der Waals surface area contributed by atoms with Crippen molar-refractivity contribution in [3.05, 3.63) is 70.3 Å². The van der Waals surface area contributed by atoms with Crippen molar-refractivity contribution in [1.82, 2.24) is 4.90 Å². The molecule has 0 amide bonds. The zero-order valence-corrected chi connectivity index (χ0v) is 14.2. The van der Waals surface area contributed by atoms with Crippen molar-refractivity contribution >= 4 is 17.7 Å². The summed E-state index contributed by atoms with van der Waals surface area (Å²) < 4.78 is 6.01. The van der Waals surface area contributed by atoms with Gasteiger partial charge in [-0.05, 0) is 49.2 Å². The van der Waals surface area contributed by atoms with Crippen LogP contribution in [0.2, 0.25) is 5.02 Å². The lowest BCUT2D eigenvalue weighted by atomic mass is 10.0. The largest absolute Gasteiger partial charge is 0.489 e. The summed E-state index contributed by atoms with van der Waals surface area (Å²) in [6.45, 7) is 2.66. The molecule has 0 saturated carbocycles. The molecule has 3 heteroatoms. The van der Waals surface area contributed by atoms with Gasteiger partial charge >= 0.3 is 0 Å².